The van der Waals surface area contributed by atoms with Crippen molar-refractivity contribution in [2.24, 2.45) is 7.05 Å². The normalized spacial score (nSPS) is 13.0. The van der Waals surface area contributed by atoms with E-state index in [0.717, 1.165) is 0 Å². The summed E-state index contributed by atoms with van der Waals surface area (Å²) in [4.78, 5) is 0. The third kappa shape index (κ3) is 2.00. The zero-order valence-electron chi connectivity index (χ0n) is 13.9. The third-order valence-electron chi connectivity index (χ3n) is 4.97. The summed E-state index contributed by atoms with van der Waals surface area (Å²) in [5.74, 6) is 0. The summed E-state index contributed by atoms with van der Waals surface area (Å²) in [6, 6.07) is 15.3. The molecule has 0 radical (unpaired) electrons. The molecule has 0 saturated heterocycles. The summed E-state index contributed by atoms with van der Waals surface area (Å²) in [6.45, 7) is 10.6. The number of rotatable bonds is 3. The van der Waals surface area contributed by atoms with Gasteiger partial charge in [0.15, 0.2) is 0 Å². The van der Waals surface area contributed by atoms with Gasteiger partial charge in [-0.25, -0.2) is 0 Å². The van der Waals surface area contributed by atoms with E-state index in [2.05, 4.69) is 87.5 Å². The fraction of sp³-hybridized carbons (Fsp3) is 0.238. The highest BCUT2D eigenvalue weighted by atomic mass is 14.9. The minimum Gasteiger partial charge on any atom is -0.344 e. The minimum absolute atomic E-state index is 0.0299. The second kappa shape index (κ2) is 5.17. The smallest absolute Gasteiger partial charge is 0.0491 e. The van der Waals surface area contributed by atoms with Crippen LogP contribution in [0.15, 0.2) is 66.8 Å². The molecule has 2 aromatic carbocycles. The summed E-state index contributed by atoms with van der Waals surface area (Å²) in [6.07, 6.45) is 3.99. The van der Waals surface area contributed by atoms with E-state index in [9.17, 15) is 0 Å². The summed E-state index contributed by atoms with van der Waals surface area (Å²) in [5, 5.41) is 2.69. The molecule has 1 nitrogen and oxygen atoms in total. The number of hydrogen-bond donors (Lipinski definition) is 0. The largest absolute Gasteiger partial charge is 0.344 e. The molecule has 3 rings (SSSR count). The number of fused-ring (bicyclic) bond motifs is 3. The average Bonchev–Trinajstić information content (AvgIpc) is 2.81. The number of hydrogen-bond acceptors (Lipinski definition) is 0. The van der Waals surface area contributed by atoms with E-state index in [1.807, 2.05) is 6.08 Å². The van der Waals surface area contributed by atoms with Crippen molar-refractivity contribution in [1.82, 2.24) is 4.57 Å². The number of aryl methyl sites for hydroxylation is 1. The third-order valence-corrected chi connectivity index (χ3v) is 4.97. The maximum Gasteiger partial charge on any atom is 0.0491 e. The minimum atomic E-state index is -0.0299. The lowest BCUT2D eigenvalue weighted by Crippen LogP contribution is -2.19. The molecule has 112 valence electrons. The van der Waals surface area contributed by atoms with Gasteiger partial charge < -0.3 is 4.57 Å². The van der Waals surface area contributed by atoms with E-state index in [-0.39, 0.29) is 5.41 Å². The topological polar surface area (TPSA) is 4.93 Å². The molecule has 0 amide bonds. The number of aromatic nitrogens is 1. The van der Waals surface area contributed by atoms with Crippen molar-refractivity contribution in [1.29, 1.82) is 0 Å². The van der Waals surface area contributed by atoms with Crippen molar-refractivity contribution >= 4 is 21.8 Å². The lowest BCUT2D eigenvalue weighted by molar-refractivity contribution is 0.630. The molecule has 1 heteroatoms. The van der Waals surface area contributed by atoms with Gasteiger partial charge in [-0.15, -0.1) is 0 Å². The molecule has 0 aliphatic heterocycles. The van der Waals surface area contributed by atoms with Gasteiger partial charge in [-0.2, -0.15) is 0 Å². The van der Waals surface area contributed by atoms with Gasteiger partial charge in [0, 0.05) is 34.3 Å². The molecule has 1 heterocycles. The first-order valence-electron chi connectivity index (χ1n) is 7.75. The summed E-state index contributed by atoms with van der Waals surface area (Å²) in [5.41, 5.74) is 5.24. The first-order valence-corrected chi connectivity index (χ1v) is 7.75. The molecule has 22 heavy (non-hydrogen) atoms. The van der Waals surface area contributed by atoms with Crippen LogP contribution in [0.4, 0.5) is 0 Å². The lowest BCUT2D eigenvalue weighted by atomic mass is 9.76. The molecule has 0 fully saturated rings. The molecule has 0 unspecified atom stereocenters. The van der Waals surface area contributed by atoms with Gasteiger partial charge in [0.25, 0.3) is 0 Å². The Morgan fingerprint density at radius 3 is 2.45 bits per heavy atom. The summed E-state index contributed by atoms with van der Waals surface area (Å²) < 4.78 is 2.29. The van der Waals surface area contributed by atoms with Gasteiger partial charge in [-0.05, 0) is 24.6 Å². The van der Waals surface area contributed by atoms with Crippen molar-refractivity contribution in [3.63, 3.8) is 0 Å². The molecule has 0 aliphatic carbocycles. The first-order chi connectivity index (χ1) is 10.5. The van der Waals surface area contributed by atoms with E-state index >= 15 is 0 Å². The van der Waals surface area contributed by atoms with Crippen LogP contribution in [0, 0.1) is 0 Å². The highest BCUT2D eigenvalue weighted by molar-refractivity contribution is 6.10. The highest BCUT2D eigenvalue weighted by Gasteiger charge is 2.26. The molecule has 0 N–H and O–H groups in total. The maximum absolute atomic E-state index is 3.84. The second-order valence-electron chi connectivity index (χ2n) is 6.49. The van der Waals surface area contributed by atoms with Crippen molar-refractivity contribution in [3.8, 4) is 0 Å². The second-order valence-corrected chi connectivity index (χ2v) is 6.49. The zero-order chi connectivity index (χ0) is 15.9. The maximum atomic E-state index is 3.84. The Bertz CT molecular complexity index is 891. The Labute approximate surface area is 132 Å². The Hall–Kier alpha value is -2.28. The number of nitrogens with zero attached hydrogens (tertiary/aromatic N) is 1. The zero-order valence-corrected chi connectivity index (χ0v) is 13.9. The van der Waals surface area contributed by atoms with Gasteiger partial charge in [-0.3, -0.25) is 0 Å². The van der Waals surface area contributed by atoms with Crippen LogP contribution in [0.25, 0.3) is 21.8 Å². The van der Waals surface area contributed by atoms with Crippen molar-refractivity contribution in [2.45, 2.75) is 26.2 Å². The predicted octanol–water partition coefficient (Wildman–Crippen LogP) is 5.74. The highest BCUT2D eigenvalue weighted by Crippen LogP contribution is 2.39. The SMILES string of the molecule is C=C/C=C(\C)C(C)(C)c1cccc2c1c1ccccc1n2C. The van der Waals surface area contributed by atoms with E-state index in [0.29, 0.717) is 0 Å². The fourth-order valence-electron chi connectivity index (χ4n) is 3.33. The molecular weight excluding hydrogens is 266 g/mol. The van der Waals surface area contributed by atoms with Gasteiger partial charge in [0.2, 0.25) is 0 Å². The van der Waals surface area contributed by atoms with Gasteiger partial charge in [-0.1, -0.05) is 68.5 Å². The molecule has 0 aliphatic rings. The quantitative estimate of drug-likeness (QED) is 0.542. The van der Waals surface area contributed by atoms with Crippen molar-refractivity contribution < 1.29 is 0 Å². The number of allylic oxidation sites excluding steroid dienone is 3. The van der Waals surface area contributed by atoms with Crippen LogP contribution >= 0.6 is 0 Å². The van der Waals surface area contributed by atoms with E-state index in [1.54, 1.807) is 0 Å². The van der Waals surface area contributed by atoms with Crippen molar-refractivity contribution in [3.05, 3.63) is 72.3 Å². The molecule has 0 bridgehead atoms. The van der Waals surface area contributed by atoms with Crippen molar-refractivity contribution in [2.75, 3.05) is 0 Å². The van der Waals surface area contributed by atoms with Crippen LogP contribution in [0.3, 0.4) is 0 Å². The fourth-order valence-corrected chi connectivity index (χ4v) is 3.33. The van der Waals surface area contributed by atoms with E-state index in [4.69, 9.17) is 0 Å². The first kappa shape index (κ1) is 14.6. The van der Waals surface area contributed by atoms with E-state index < -0.39 is 0 Å². The number of para-hydroxylation sites is 1. The predicted molar refractivity (Wildman–Crippen MR) is 97.4 cm³/mol. The van der Waals surface area contributed by atoms with Crippen LogP contribution in [0.2, 0.25) is 0 Å². The van der Waals surface area contributed by atoms with Crippen LogP contribution in [-0.4, -0.2) is 4.57 Å². The van der Waals surface area contributed by atoms with Crippen LogP contribution in [-0.2, 0) is 12.5 Å². The summed E-state index contributed by atoms with van der Waals surface area (Å²) in [7, 11) is 2.15. The Morgan fingerprint density at radius 1 is 1.05 bits per heavy atom. The molecule has 3 aromatic rings. The molecule has 0 atom stereocenters. The average molecular weight is 289 g/mol. The molecule has 0 spiro atoms. The molecule has 1 aromatic heterocycles. The summed E-state index contributed by atoms with van der Waals surface area (Å²) >= 11 is 0. The Balaban J connectivity index is 2.43. The van der Waals surface area contributed by atoms with Gasteiger partial charge in [0.05, 0.1) is 0 Å². The van der Waals surface area contributed by atoms with Crippen LogP contribution in [0.1, 0.15) is 26.3 Å². The Morgan fingerprint density at radius 2 is 1.73 bits per heavy atom. The van der Waals surface area contributed by atoms with E-state index in [1.165, 1.54) is 32.9 Å². The monoisotopic (exact) mass is 289 g/mol. The lowest BCUT2D eigenvalue weighted by Gasteiger charge is -2.27. The standard InChI is InChI=1S/C21H23N/c1-6-10-15(2)21(3,4)17-12-9-14-19-20(17)16-11-7-8-13-18(16)22(19)5/h6-14H,1H2,2-5H3/b15-10+. The molecule has 0 saturated carbocycles. The van der Waals surface area contributed by atoms with Gasteiger partial charge >= 0.3 is 0 Å². The molecular formula is C21H23N. The Kier molecular flexibility index (Phi) is 3.44. The number of benzene rings is 2. The van der Waals surface area contributed by atoms with Gasteiger partial charge in [0.1, 0.15) is 0 Å². The van der Waals surface area contributed by atoms with Crippen LogP contribution < -0.4 is 0 Å². The van der Waals surface area contributed by atoms with Crippen LogP contribution in [0.5, 0.6) is 0 Å².